The molecule has 0 aromatic rings. The summed E-state index contributed by atoms with van der Waals surface area (Å²) in [6, 6.07) is 0. The van der Waals surface area contributed by atoms with E-state index in [1.165, 1.54) is 32.1 Å². The average molecular weight is 320 g/mol. The van der Waals surface area contributed by atoms with E-state index in [2.05, 4.69) is 30.6 Å². The van der Waals surface area contributed by atoms with E-state index in [9.17, 15) is 4.79 Å². The highest BCUT2D eigenvalue weighted by atomic mass is 16.5. The summed E-state index contributed by atoms with van der Waals surface area (Å²) in [7, 11) is 0. The molecule has 3 nitrogen and oxygen atoms in total. The first-order valence-corrected chi connectivity index (χ1v) is 9.03. The van der Waals surface area contributed by atoms with Crippen LogP contribution in [0.2, 0.25) is 0 Å². The maximum atomic E-state index is 11.2. The van der Waals surface area contributed by atoms with E-state index in [-0.39, 0.29) is 19.2 Å². The molecule has 0 atom stereocenters. The van der Waals surface area contributed by atoms with Gasteiger partial charge in [0.05, 0.1) is 6.61 Å². The Balaban J connectivity index is 3.34. The number of carbonyl (C=O) groups is 1. The second-order valence-corrected chi connectivity index (χ2v) is 5.63. The van der Waals surface area contributed by atoms with E-state index in [1.54, 1.807) is 0 Å². The van der Waals surface area contributed by atoms with Gasteiger partial charge in [-0.25, -0.2) is 0 Å². The molecule has 0 radical (unpaired) electrons. The minimum Gasteiger partial charge on any atom is -0.463 e. The summed E-state index contributed by atoms with van der Waals surface area (Å²) in [5.74, 6) is 11.8. The summed E-state index contributed by atoms with van der Waals surface area (Å²) in [4.78, 5) is 11.2. The molecular weight excluding hydrogens is 288 g/mol. The van der Waals surface area contributed by atoms with Crippen molar-refractivity contribution in [3.8, 4) is 23.7 Å². The summed E-state index contributed by atoms with van der Waals surface area (Å²) in [5, 5.41) is 8.52. The van der Waals surface area contributed by atoms with Gasteiger partial charge in [0, 0.05) is 19.3 Å². The summed E-state index contributed by atoms with van der Waals surface area (Å²) in [6.45, 7) is 2.23. The van der Waals surface area contributed by atoms with E-state index in [0.717, 1.165) is 38.5 Å². The summed E-state index contributed by atoms with van der Waals surface area (Å²) >= 11 is 0. The lowest BCUT2D eigenvalue weighted by Crippen LogP contribution is -2.07. The van der Waals surface area contributed by atoms with Crippen molar-refractivity contribution >= 4 is 5.97 Å². The molecule has 0 aliphatic heterocycles. The van der Waals surface area contributed by atoms with Crippen LogP contribution in [0.5, 0.6) is 0 Å². The third-order valence-corrected chi connectivity index (χ3v) is 3.43. The van der Waals surface area contributed by atoms with E-state index in [1.807, 2.05) is 0 Å². The fourth-order valence-corrected chi connectivity index (χ4v) is 2.10. The molecule has 3 heteroatoms. The van der Waals surface area contributed by atoms with Gasteiger partial charge in [0.25, 0.3) is 0 Å². The van der Waals surface area contributed by atoms with Crippen LogP contribution in [0.25, 0.3) is 0 Å². The predicted octanol–water partition coefficient (Wildman–Crippen LogP) is 4.23. The molecule has 0 saturated carbocycles. The van der Waals surface area contributed by atoms with Crippen molar-refractivity contribution in [2.45, 2.75) is 84.0 Å². The molecule has 0 aromatic carbocycles. The Morgan fingerprint density at radius 1 is 0.870 bits per heavy atom. The van der Waals surface area contributed by atoms with Crippen LogP contribution in [-0.4, -0.2) is 24.3 Å². The van der Waals surface area contributed by atoms with Gasteiger partial charge >= 0.3 is 5.97 Å². The Morgan fingerprint density at radius 3 is 2.00 bits per heavy atom. The Bertz CT molecular complexity index is 393. The van der Waals surface area contributed by atoms with Crippen molar-refractivity contribution in [1.29, 1.82) is 0 Å². The SMILES string of the molecule is CCCCCCCC#CC#CCCCCCCC(=O)OCCO. The topological polar surface area (TPSA) is 46.5 Å². The Kier molecular flexibility index (Phi) is 17.4. The lowest BCUT2D eigenvalue weighted by atomic mass is 10.1. The highest BCUT2D eigenvalue weighted by molar-refractivity contribution is 5.69. The maximum absolute atomic E-state index is 11.2. The number of rotatable bonds is 13. The van der Waals surface area contributed by atoms with Gasteiger partial charge in [-0.05, 0) is 31.1 Å². The zero-order valence-electron chi connectivity index (χ0n) is 14.7. The first-order chi connectivity index (χ1) is 11.3. The number of carbonyl (C=O) groups excluding carboxylic acids is 1. The van der Waals surface area contributed by atoms with Crippen LogP contribution in [0.1, 0.15) is 84.0 Å². The average Bonchev–Trinajstić information content (AvgIpc) is 2.56. The number of aliphatic hydroxyl groups is 1. The van der Waals surface area contributed by atoms with Gasteiger partial charge in [-0.15, -0.1) is 0 Å². The third-order valence-electron chi connectivity index (χ3n) is 3.43. The molecule has 0 heterocycles. The highest BCUT2D eigenvalue weighted by Crippen LogP contribution is 2.06. The number of hydrogen-bond acceptors (Lipinski definition) is 3. The van der Waals surface area contributed by atoms with E-state index >= 15 is 0 Å². The first-order valence-electron chi connectivity index (χ1n) is 9.03. The molecule has 0 aromatic heterocycles. The lowest BCUT2D eigenvalue weighted by Gasteiger charge is -2.02. The highest BCUT2D eigenvalue weighted by Gasteiger charge is 2.01. The van der Waals surface area contributed by atoms with Crippen LogP contribution in [0.4, 0.5) is 0 Å². The van der Waals surface area contributed by atoms with E-state index in [4.69, 9.17) is 9.84 Å². The van der Waals surface area contributed by atoms with Crippen LogP contribution >= 0.6 is 0 Å². The predicted molar refractivity (Wildman–Crippen MR) is 94.7 cm³/mol. The fraction of sp³-hybridized carbons (Fsp3) is 0.750. The van der Waals surface area contributed by atoms with Crippen molar-refractivity contribution in [1.82, 2.24) is 0 Å². The smallest absolute Gasteiger partial charge is 0.305 e. The molecule has 0 fully saturated rings. The zero-order chi connectivity index (χ0) is 17.0. The fourth-order valence-electron chi connectivity index (χ4n) is 2.10. The van der Waals surface area contributed by atoms with Gasteiger partial charge in [0.1, 0.15) is 6.61 Å². The molecule has 130 valence electrons. The Labute approximate surface area is 142 Å². The van der Waals surface area contributed by atoms with Crippen LogP contribution in [0, 0.1) is 23.7 Å². The third kappa shape index (κ3) is 18.5. The minimum absolute atomic E-state index is 0.105. The van der Waals surface area contributed by atoms with Crippen LogP contribution in [-0.2, 0) is 9.53 Å². The van der Waals surface area contributed by atoms with Gasteiger partial charge in [0.15, 0.2) is 0 Å². The number of unbranched alkanes of at least 4 members (excludes halogenated alkanes) is 9. The van der Waals surface area contributed by atoms with E-state index in [0.29, 0.717) is 6.42 Å². The van der Waals surface area contributed by atoms with Gasteiger partial charge in [-0.1, -0.05) is 57.3 Å². The van der Waals surface area contributed by atoms with Gasteiger partial charge < -0.3 is 9.84 Å². The first kappa shape index (κ1) is 21.6. The standard InChI is InChI=1S/C20H32O3/c1-2-3-4-5-6-7-8-9-10-11-12-13-14-15-16-17-20(22)23-19-18-21/h21H,2-7,12-19H2,1H3. The van der Waals surface area contributed by atoms with Gasteiger partial charge in [-0.3, -0.25) is 4.79 Å². The molecule has 0 saturated heterocycles. The van der Waals surface area contributed by atoms with Crippen LogP contribution in [0.15, 0.2) is 0 Å². The molecule has 0 aliphatic carbocycles. The monoisotopic (exact) mass is 320 g/mol. The van der Waals surface area contributed by atoms with E-state index < -0.39 is 0 Å². The van der Waals surface area contributed by atoms with Gasteiger partial charge in [0.2, 0.25) is 0 Å². The normalized spacial score (nSPS) is 9.48. The summed E-state index contributed by atoms with van der Waals surface area (Å²) < 4.78 is 4.78. The Morgan fingerprint density at radius 2 is 1.43 bits per heavy atom. The number of aliphatic hydroxyl groups excluding tert-OH is 1. The lowest BCUT2D eigenvalue weighted by molar-refractivity contribution is -0.144. The second-order valence-electron chi connectivity index (χ2n) is 5.63. The minimum atomic E-state index is -0.219. The number of ether oxygens (including phenoxy) is 1. The summed E-state index contributed by atoms with van der Waals surface area (Å²) in [5.41, 5.74) is 0. The molecule has 0 spiro atoms. The maximum Gasteiger partial charge on any atom is 0.305 e. The largest absolute Gasteiger partial charge is 0.463 e. The van der Waals surface area contributed by atoms with Crippen LogP contribution < -0.4 is 0 Å². The molecule has 23 heavy (non-hydrogen) atoms. The number of hydrogen-bond donors (Lipinski definition) is 1. The van der Waals surface area contributed by atoms with Crippen molar-refractivity contribution in [3.05, 3.63) is 0 Å². The molecule has 0 amide bonds. The second kappa shape index (κ2) is 18.6. The quantitative estimate of drug-likeness (QED) is 0.314. The number of esters is 1. The summed E-state index contributed by atoms with van der Waals surface area (Å²) in [6.07, 6.45) is 12.7. The molecule has 0 aliphatic rings. The van der Waals surface area contributed by atoms with Crippen molar-refractivity contribution in [2.24, 2.45) is 0 Å². The van der Waals surface area contributed by atoms with Crippen molar-refractivity contribution in [3.63, 3.8) is 0 Å². The molecule has 1 N–H and O–H groups in total. The zero-order valence-corrected chi connectivity index (χ0v) is 14.7. The van der Waals surface area contributed by atoms with Crippen molar-refractivity contribution < 1.29 is 14.6 Å². The molecule has 0 unspecified atom stereocenters. The van der Waals surface area contributed by atoms with Crippen LogP contribution in [0.3, 0.4) is 0 Å². The molecule has 0 bridgehead atoms. The molecular formula is C20H32O3. The molecule has 0 rings (SSSR count). The van der Waals surface area contributed by atoms with Crippen molar-refractivity contribution in [2.75, 3.05) is 13.2 Å². The van der Waals surface area contributed by atoms with Gasteiger partial charge in [-0.2, -0.15) is 0 Å². The Hall–Kier alpha value is -1.45.